The number of hydrogen-bond donors (Lipinski definition) is 0. The summed E-state index contributed by atoms with van der Waals surface area (Å²) in [5.74, 6) is 1.26. The van der Waals surface area contributed by atoms with Crippen LogP contribution in [0, 0.1) is 6.92 Å². The third-order valence-corrected chi connectivity index (χ3v) is 6.52. The number of para-hydroxylation sites is 2. The molecule has 156 valence electrons. The van der Waals surface area contributed by atoms with Gasteiger partial charge in [0.05, 0.1) is 11.4 Å². The lowest BCUT2D eigenvalue weighted by atomic mass is 10.1. The van der Waals surface area contributed by atoms with Gasteiger partial charge >= 0.3 is 0 Å². The minimum Gasteiger partial charge on any atom is -0.479 e. The number of rotatable bonds is 4. The topological polar surface area (TPSA) is 62.2 Å². The highest BCUT2D eigenvalue weighted by atomic mass is 35.5. The first-order valence-electron chi connectivity index (χ1n) is 9.79. The van der Waals surface area contributed by atoms with E-state index in [1.807, 2.05) is 49.4 Å². The van der Waals surface area contributed by atoms with Crippen LogP contribution in [0.2, 0.25) is 5.02 Å². The molecule has 2 amide bonds. The molecule has 1 atom stereocenters. The van der Waals surface area contributed by atoms with E-state index in [2.05, 4.69) is 4.99 Å². The van der Waals surface area contributed by atoms with Gasteiger partial charge in [-0.15, -0.1) is 0 Å². The Balaban J connectivity index is 1.49. The van der Waals surface area contributed by atoms with Crippen molar-refractivity contribution < 1.29 is 14.3 Å². The molecule has 2 aliphatic rings. The largest absolute Gasteiger partial charge is 0.479 e. The van der Waals surface area contributed by atoms with Crippen LogP contribution in [0.3, 0.4) is 0 Å². The highest BCUT2D eigenvalue weighted by molar-refractivity contribution is 8.14. The molecule has 0 N–H and O–H groups in total. The Morgan fingerprint density at radius 3 is 2.90 bits per heavy atom. The van der Waals surface area contributed by atoms with Gasteiger partial charge in [-0.1, -0.05) is 41.6 Å². The van der Waals surface area contributed by atoms with Gasteiger partial charge in [0, 0.05) is 30.3 Å². The predicted molar refractivity (Wildman–Crippen MR) is 121 cm³/mol. The predicted octanol–water partition coefficient (Wildman–Crippen LogP) is 4.42. The van der Waals surface area contributed by atoms with Crippen LogP contribution in [-0.4, -0.2) is 46.8 Å². The number of nitrogens with zero attached hydrogens (tertiary/aromatic N) is 3. The number of carbonyl (C=O) groups excluding carboxylic acids is 2. The number of anilines is 1. The van der Waals surface area contributed by atoms with E-state index in [9.17, 15) is 9.59 Å². The van der Waals surface area contributed by atoms with Crippen molar-refractivity contribution in [2.75, 3.05) is 23.7 Å². The average Bonchev–Trinajstić information content (AvgIpc) is 3.20. The first kappa shape index (κ1) is 20.8. The number of fused-ring (bicyclic) bond motifs is 1. The van der Waals surface area contributed by atoms with Gasteiger partial charge in [-0.05, 0) is 43.7 Å². The first-order chi connectivity index (χ1) is 14.5. The molecule has 2 heterocycles. The summed E-state index contributed by atoms with van der Waals surface area (Å²) in [6, 6.07) is 13.0. The van der Waals surface area contributed by atoms with Crippen molar-refractivity contribution in [2.45, 2.75) is 26.4 Å². The number of aliphatic imine (C=N–C) groups is 1. The van der Waals surface area contributed by atoms with Crippen LogP contribution < -0.4 is 9.64 Å². The Morgan fingerprint density at radius 2 is 2.07 bits per heavy atom. The van der Waals surface area contributed by atoms with Gasteiger partial charge in [-0.2, -0.15) is 0 Å². The molecule has 0 spiro atoms. The molecule has 1 fully saturated rings. The zero-order valence-electron chi connectivity index (χ0n) is 16.8. The number of carbonyl (C=O) groups is 2. The van der Waals surface area contributed by atoms with Crippen molar-refractivity contribution in [2.24, 2.45) is 4.99 Å². The fraction of sp³-hybridized carbons (Fsp3) is 0.318. The second-order valence-electron chi connectivity index (χ2n) is 7.14. The summed E-state index contributed by atoms with van der Waals surface area (Å²) < 4.78 is 5.67. The molecule has 1 saturated heterocycles. The monoisotopic (exact) mass is 443 g/mol. The number of ether oxygens (including phenoxy) is 1. The molecule has 1 unspecified atom stereocenters. The van der Waals surface area contributed by atoms with E-state index >= 15 is 0 Å². The first-order valence-corrected chi connectivity index (χ1v) is 11.2. The van der Waals surface area contributed by atoms with Gasteiger partial charge in [-0.25, -0.2) is 4.99 Å². The third-order valence-electron chi connectivity index (χ3n) is 5.16. The van der Waals surface area contributed by atoms with Gasteiger partial charge in [-0.3, -0.25) is 14.5 Å². The summed E-state index contributed by atoms with van der Waals surface area (Å²) in [5, 5.41) is 1.32. The average molecular weight is 444 g/mol. The number of benzene rings is 2. The Labute approximate surface area is 184 Å². The van der Waals surface area contributed by atoms with Gasteiger partial charge in [0.15, 0.2) is 11.3 Å². The van der Waals surface area contributed by atoms with Gasteiger partial charge in [0.25, 0.3) is 5.91 Å². The van der Waals surface area contributed by atoms with Gasteiger partial charge in [0.2, 0.25) is 5.91 Å². The van der Waals surface area contributed by atoms with Crippen LogP contribution in [0.25, 0.3) is 0 Å². The molecule has 2 aliphatic heterocycles. The Bertz CT molecular complexity index is 1030. The van der Waals surface area contributed by atoms with Crippen LogP contribution in [0.15, 0.2) is 47.5 Å². The number of amidine groups is 1. The van der Waals surface area contributed by atoms with E-state index in [4.69, 9.17) is 16.3 Å². The summed E-state index contributed by atoms with van der Waals surface area (Å²) >= 11 is 7.75. The maximum absolute atomic E-state index is 13.0. The number of thioether (sulfide) groups is 1. The van der Waals surface area contributed by atoms with Crippen LogP contribution in [0.5, 0.6) is 5.75 Å². The van der Waals surface area contributed by atoms with Crippen molar-refractivity contribution in [1.82, 2.24) is 4.90 Å². The van der Waals surface area contributed by atoms with Crippen molar-refractivity contribution in [3.63, 3.8) is 0 Å². The molecular weight excluding hydrogens is 422 g/mol. The molecule has 0 radical (unpaired) electrons. The summed E-state index contributed by atoms with van der Waals surface area (Å²) in [4.78, 5) is 33.6. The van der Waals surface area contributed by atoms with E-state index in [1.54, 1.807) is 28.5 Å². The second-order valence-corrected chi connectivity index (χ2v) is 8.61. The van der Waals surface area contributed by atoms with Crippen LogP contribution in [0.4, 0.5) is 11.4 Å². The molecule has 0 saturated carbocycles. The molecule has 0 bridgehead atoms. The van der Waals surface area contributed by atoms with Crippen LogP contribution >= 0.6 is 23.4 Å². The number of halogens is 1. The molecule has 8 heteroatoms. The Morgan fingerprint density at radius 1 is 1.27 bits per heavy atom. The zero-order valence-corrected chi connectivity index (χ0v) is 18.4. The summed E-state index contributed by atoms with van der Waals surface area (Å²) in [6.07, 6.45) is -0.360. The van der Waals surface area contributed by atoms with Gasteiger partial charge in [0.1, 0.15) is 5.75 Å². The van der Waals surface area contributed by atoms with E-state index in [1.165, 1.54) is 0 Å². The molecule has 30 heavy (non-hydrogen) atoms. The maximum Gasteiger partial charge on any atom is 0.267 e. The normalized spacial score (nSPS) is 19.8. The van der Waals surface area contributed by atoms with Crippen molar-refractivity contribution in [3.8, 4) is 5.75 Å². The lowest BCUT2D eigenvalue weighted by Gasteiger charge is -2.33. The van der Waals surface area contributed by atoms with Crippen molar-refractivity contribution in [1.29, 1.82) is 0 Å². The van der Waals surface area contributed by atoms with Crippen LogP contribution in [-0.2, 0) is 9.59 Å². The second kappa shape index (κ2) is 8.70. The molecule has 4 rings (SSSR count). The highest BCUT2D eigenvalue weighted by Crippen LogP contribution is 2.34. The minimum absolute atomic E-state index is 0.0529. The minimum atomic E-state index is -0.569. The van der Waals surface area contributed by atoms with E-state index in [0.717, 1.165) is 17.0 Å². The molecular formula is C22H22ClN3O3S. The lowest BCUT2D eigenvalue weighted by Crippen LogP contribution is -2.46. The Hall–Kier alpha value is -2.51. The lowest BCUT2D eigenvalue weighted by molar-refractivity contribution is -0.127. The maximum atomic E-state index is 13.0. The molecule has 2 aromatic carbocycles. The number of hydrogen-bond acceptors (Lipinski definition) is 5. The Kier molecular flexibility index (Phi) is 6.01. The fourth-order valence-corrected chi connectivity index (χ4v) is 4.62. The van der Waals surface area contributed by atoms with Crippen molar-refractivity contribution in [3.05, 3.63) is 53.1 Å². The third kappa shape index (κ3) is 4.04. The summed E-state index contributed by atoms with van der Waals surface area (Å²) in [6.45, 7) is 4.54. The quantitative estimate of drug-likeness (QED) is 0.701. The standard InChI is InChI=1S/C22H22ClN3O3S/c1-14-16(23)6-5-7-17(14)24-22-26(12-13-30-22)20(27)10-11-25-18-8-3-4-9-19(18)29-15(2)21(25)28/h3-9,15H,10-13H2,1-2H3. The SMILES string of the molecule is Cc1c(Cl)cccc1N=C1SCCN1C(=O)CCN1C(=O)C(C)Oc2ccccc21. The number of amides is 2. The van der Waals surface area contributed by atoms with E-state index in [0.29, 0.717) is 34.7 Å². The smallest absolute Gasteiger partial charge is 0.267 e. The summed E-state index contributed by atoms with van der Waals surface area (Å²) in [7, 11) is 0. The molecule has 2 aromatic rings. The van der Waals surface area contributed by atoms with Gasteiger partial charge < -0.3 is 9.64 Å². The van der Waals surface area contributed by atoms with Crippen LogP contribution in [0.1, 0.15) is 18.9 Å². The van der Waals surface area contributed by atoms with E-state index in [-0.39, 0.29) is 18.2 Å². The summed E-state index contributed by atoms with van der Waals surface area (Å²) in [5.41, 5.74) is 2.35. The zero-order chi connectivity index (χ0) is 21.3. The molecule has 6 nitrogen and oxygen atoms in total. The molecule has 0 aromatic heterocycles. The molecule has 0 aliphatic carbocycles. The fourth-order valence-electron chi connectivity index (χ4n) is 3.48. The van der Waals surface area contributed by atoms with E-state index < -0.39 is 6.10 Å². The highest BCUT2D eigenvalue weighted by Gasteiger charge is 2.33. The van der Waals surface area contributed by atoms with Crippen molar-refractivity contribution >= 4 is 51.7 Å².